The minimum absolute atomic E-state index is 0. The van der Waals surface area contributed by atoms with Crippen molar-refractivity contribution in [2.75, 3.05) is 6.61 Å². The molecule has 262 valence electrons. The molecule has 0 amide bonds. The van der Waals surface area contributed by atoms with Crippen LogP contribution in [0.3, 0.4) is 0 Å². The van der Waals surface area contributed by atoms with Crippen molar-refractivity contribution in [3.63, 3.8) is 0 Å². The summed E-state index contributed by atoms with van der Waals surface area (Å²) in [6, 6.07) is 5.25. The minimum atomic E-state index is -0.296. The van der Waals surface area contributed by atoms with Gasteiger partial charge in [-0.2, -0.15) is 0 Å². The predicted molar refractivity (Wildman–Crippen MR) is 225 cm³/mol. The molecule has 0 aliphatic rings. The van der Waals surface area contributed by atoms with Crippen LogP contribution in [0.1, 0.15) is 29.6 Å². The molecule has 0 fully saturated rings. The number of hydrogen-bond acceptors (Lipinski definition) is 6. The molecule has 2 aromatic carbocycles. The number of hydrogen-bond donors (Lipinski definition) is 3. The summed E-state index contributed by atoms with van der Waals surface area (Å²) in [5.41, 5.74) is 0.704. The Morgan fingerprint density at radius 1 is 0.491 bits per heavy atom. The van der Waals surface area contributed by atoms with Crippen LogP contribution in [0.2, 0.25) is 0 Å². The van der Waals surface area contributed by atoms with Crippen molar-refractivity contribution < 1.29 is 60.6 Å². The number of halogens is 2. The third kappa shape index (κ3) is 29.1. The molecule has 6 nitrogen and oxygen atoms in total. The number of carbonyl (C=O) groups excluding carboxylic acids is 2. The Morgan fingerprint density at radius 3 is 1.04 bits per heavy atom. The largest absolute Gasteiger partial charge is 1.00 e. The fraction of sp³-hybridized carbons (Fsp3) is 0.0417. The molecule has 0 spiro atoms. The van der Waals surface area contributed by atoms with Gasteiger partial charge in [0.1, 0.15) is 6.61 Å². The van der Waals surface area contributed by atoms with Crippen LogP contribution in [0.4, 0.5) is 0 Å². The van der Waals surface area contributed by atoms with E-state index in [4.69, 9.17) is 34.2 Å². The molecule has 2 rings (SSSR count). The molecule has 0 heterocycles. The van der Waals surface area contributed by atoms with Crippen molar-refractivity contribution in [2.45, 2.75) is 7.43 Å². The molecule has 57 heavy (non-hydrogen) atoms. The Kier molecular flexibility index (Phi) is 35.2. The van der Waals surface area contributed by atoms with Crippen molar-refractivity contribution in [1.29, 1.82) is 0 Å². The van der Waals surface area contributed by atoms with Crippen LogP contribution < -0.4 is 34.3 Å². The van der Waals surface area contributed by atoms with Crippen LogP contribution in [-0.4, -0.2) is 34.5 Å². The molecule has 0 bridgehead atoms. The Hall–Kier alpha value is -8.10. The van der Waals surface area contributed by atoms with Gasteiger partial charge in [0.05, 0.1) is 0 Å². The van der Waals surface area contributed by atoms with Gasteiger partial charge in [0, 0.05) is 91.1 Å². The summed E-state index contributed by atoms with van der Waals surface area (Å²) in [5, 5.41) is 27.2. The first-order valence-electron chi connectivity index (χ1n) is 13.9. The second kappa shape index (κ2) is 37.7. The minimum Gasteiger partial charge on any atom is -1.00 e. The summed E-state index contributed by atoms with van der Waals surface area (Å²) in [4.78, 5) is 20.8. The number of rotatable bonds is 4. The molecule has 2 aromatic rings. The normalized spacial score (nSPS) is 6.09. The van der Waals surface area contributed by atoms with Crippen molar-refractivity contribution in [3.8, 4) is 214 Å². The summed E-state index contributed by atoms with van der Waals surface area (Å²) in [7, 11) is 0. The molecule has 0 saturated carbocycles. The fourth-order valence-corrected chi connectivity index (χ4v) is 3.21. The molecule has 0 aromatic heterocycles. The fourth-order valence-electron chi connectivity index (χ4n) is 2.36. The van der Waals surface area contributed by atoms with Gasteiger partial charge in [-0.1, -0.05) is 13.3 Å². The molecule has 0 aliphatic heterocycles. The van der Waals surface area contributed by atoms with Gasteiger partial charge in [0.15, 0.2) is 35.6 Å². The van der Waals surface area contributed by atoms with E-state index in [1.807, 2.05) is 0 Å². The quantitative estimate of drug-likeness (QED) is 0.187. The van der Waals surface area contributed by atoms with Gasteiger partial charge in [0.25, 0.3) is 0 Å². The van der Waals surface area contributed by atoms with Crippen LogP contribution in [0.5, 0.6) is 23.0 Å². The molecule has 0 saturated heterocycles. The van der Waals surface area contributed by atoms with E-state index >= 15 is 0 Å². The summed E-state index contributed by atoms with van der Waals surface area (Å²) < 4.78 is 5.99. The molecule has 0 aliphatic carbocycles. The second-order valence-corrected chi connectivity index (χ2v) is 9.68. The Balaban J connectivity index is -0.000000429. The smallest absolute Gasteiger partial charge is 1.00 e. The zero-order valence-corrected chi connectivity index (χ0v) is 33.9. The van der Waals surface area contributed by atoms with Crippen molar-refractivity contribution in [3.05, 3.63) is 44.3 Å². The summed E-state index contributed by atoms with van der Waals surface area (Å²) in [5.74, 6) is 70.0. The summed E-state index contributed by atoms with van der Waals surface area (Å²) in [6.45, 7) is 0.0491. The first-order valence-corrected chi connectivity index (χ1v) is 15.5. The first-order chi connectivity index (χ1) is 26.7. The maximum atomic E-state index is 10.6. The average Bonchev–Trinajstić information content (AvgIpc) is 3.18. The summed E-state index contributed by atoms with van der Waals surface area (Å²) in [6.07, 6.45) is 16.1. The SMILES string of the molecule is C.C#CC#CC#CC#CC#CC#CC#CC#CC#CC#CC#CC#CC#CC#CC#C.C#CCOc1cc(C=O)c(Br)cc1O.O=Cc1cc(O)c(O)cc1Br.[H-].[Na+]. The third-order valence-electron chi connectivity index (χ3n) is 4.44. The van der Waals surface area contributed by atoms with Gasteiger partial charge in [-0.05, 0) is 151 Å². The van der Waals surface area contributed by atoms with Gasteiger partial charge in [-0.25, -0.2) is 0 Å². The van der Waals surface area contributed by atoms with E-state index in [-0.39, 0.29) is 68.0 Å². The second-order valence-electron chi connectivity index (χ2n) is 7.97. The van der Waals surface area contributed by atoms with Crippen LogP contribution in [0.25, 0.3) is 0 Å². The van der Waals surface area contributed by atoms with Crippen molar-refractivity contribution in [1.82, 2.24) is 0 Å². The Bertz CT molecular complexity index is 2700. The van der Waals surface area contributed by atoms with Gasteiger partial charge >= 0.3 is 29.6 Å². The van der Waals surface area contributed by atoms with E-state index in [0.29, 0.717) is 32.6 Å². The van der Waals surface area contributed by atoms with Gasteiger partial charge < -0.3 is 21.5 Å². The average molecular weight is 874 g/mol. The van der Waals surface area contributed by atoms with Crippen LogP contribution in [-0.2, 0) is 0 Å². The molecule has 0 radical (unpaired) electrons. The molecule has 9 heteroatoms. The summed E-state index contributed by atoms with van der Waals surface area (Å²) >= 11 is 6.16. The van der Waals surface area contributed by atoms with E-state index in [0.717, 1.165) is 0 Å². The zero-order chi connectivity index (χ0) is 40.8. The standard InChI is InChI=1S/C30H2.C10H7BrO3.C7H5BrO3.CH4.Na.H/c1-3-5-7-9-11-13-15-17-19-21-23-25-27-29-30-28-26-24-22-20-18-16-14-12-10-8-6-4-2;1-2-3-14-10-4-7(6-12)8(11)5-9(10)13;8-5-2-7(11)6(10)1-4(5)3-9;;;/h1-2H;1,4-6,13H,3H2;1-3,10-11H;1H4;;/q;;;;+1;-1. The number of aldehydes is 2. The van der Waals surface area contributed by atoms with E-state index in [1.54, 1.807) is 0 Å². The van der Waals surface area contributed by atoms with Crippen LogP contribution in [0, 0.1) is 191 Å². The Labute approximate surface area is 374 Å². The third-order valence-corrected chi connectivity index (χ3v) is 5.82. The number of ether oxygens (including phenoxy) is 1. The molecule has 0 atom stereocenters. The Morgan fingerprint density at radius 2 is 0.754 bits per heavy atom. The van der Waals surface area contributed by atoms with Crippen molar-refractivity contribution >= 4 is 44.4 Å². The van der Waals surface area contributed by atoms with E-state index < -0.39 is 0 Å². The topological polar surface area (TPSA) is 104 Å². The molecular weight excluding hydrogens is 855 g/mol. The van der Waals surface area contributed by atoms with Gasteiger partial charge in [-0.3, -0.25) is 9.59 Å². The molecule has 0 unspecified atom stereocenters. The molecule has 3 N–H and O–H groups in total. The number of phenols is 3. The maximum absolute atomic E-state index is 10.6. The predicted octanol–water partition coefficient (Wildman–Crippen LogP) is 1.70. The first kappa shape index (κ1) is 53.3. The maximum Gasteiger partial charge on any atom is 1.00 e. The molecular formula is C48H19Br2NaO6. The number of benzene rings is 2. The number of aromatic hydroxyl groups is 3. The monoisotopic (exact) mass is 872 g/mol. The van der Waals surface area contributed by atoms with E-state index in [1.165, 1.54) is 24.3 Å². The van der Waals surface area contributed by atoms with E-state index in [2.05, 4.69) is 204 Å². The zero-order valence-electron chi connectivity index (χ0n) is 29.7. The van der Waals surface area contributed by atoms with Gasteiger partial charge in [0.2, 0.25) is 0 Å². The van der Waals surface area contributed by atoms with E-state index in [9.17, 15) is 14.7 Å². The number of carbonyl (C=O) groups is 2. The van der Waals surface area contributed by atoms with Crippen LogP contribution in [0.15, 0.2) is 33.2 Å². The number of terminal acetylenes is 3. The van der Waals surface area contributed by atoms with Crippen LogP contribution >= 0.6 is 31.9 Å². The number of phenolic OH excluding ortho intramolecular Hbond substituents is 3. The van der Waals surface area contributed by atoms with Crippen molar-refractivity contribution in [2.24, 2.45) is 0 Å². The van der Waals surface area contributed by atoms with Gasteiger partial charge in [-0.15, -0.1) is 19.3 Å².